The summed E-state index contributed by atoms with van der Waals surface area (Å²) in [5.41, 5.74) is 1.77. The van der Waals surface area contributed by atoms with Gasteiger partial charge in [-0.15, -0.1) is 0 Å². The van der Waals surface area contributed by atoms with Crippen LogP contribution in [0.4, 0.5) is 10.1 Å². The second-order valence-corrected chi connectivity index (χ2v) is 5.48. The van der Waals surface area contributed by atoms with E-state index < -0.39 is 0 Å². The van der Waals surface area contributed by atoms with Crippen LogP contribution in [0, 0.1) is 5.82 Å². The Kier molecular flexibility index (Phi) is 5.38. The maximum Gasteiger partial charge on any atom is 0.146 e. The number of para-hydroxylation sites is 1. The highest BCUT2D eigenvalue weighted by Gasteiger charge is 2.23. The first kappa shape index (κ1) is 15.3. The summed E-state index contributed by atoms with van der Waals surface area (Å²) in [4.78, 5) is 2.11. The first-order valence-corrected chi connectivity index (χ1v) is 7.51. The maximum atomic E-state index is 14.3. The number of anilines is 1. The van der Waals surface area contributed by atoms with E-state index in [1.807, 2.05) is 13.0 Å². The van der Waals surface area contributed by atoms with Crippen molar-refractivity contribution in [3.05, 3.63) is 29.6 Å². The Labute approximate surface area is 121 Å². The molecule has 0 bridgehead atoms. The molecule has 1 aliphatic heterocycles. The molecule has 1 aliphatic rings. The van der Waals surface area contributed by atoms with E-state index in [2.05, 4.69) is 24.1 Å². The average molecular weight is 280 g/mol. The van der Waals surface area contributed by atoms with Crippen molar-refractivity contribution >= 4 is 5.69 Å². The van der Waals surface area contributed by atoms with Gasteiger partial charge in [-0.3, -0.25) is 0 Å². The largest absolute Gasteiger partial charge is 0.375 e. The Balaban J connectivity index is 2.25. The number of benzene rings is 1. The molecule has 1 saturated heterocycles. The first-order valence-electron chi connectivity index (χ1n) is 7.51. The standard InChI is InChI=1S/C16H25FN2O/c1-4-8-18-13(3)14-6-5-7-15(17)16(14)19-9-10-20-12(2)11-19/h5-7,12-13,18H,4,8-11H2,1-3H3. The maximum absolute atomic E-state index is 14.3. The van der Waals surface area contributed by atoms with Crippen LogP contribution in [0.15, 0.2) is 18.2 Å². The van der Waals surface area contributed by atoms with Crippen LogP contribution in [0.3, 0.4) is 0 Å². The van der Waals surface area contributed by atoms with Crippen molar-refractivity contribution in [3.8, 4) is 0 Å². The lowest BCUT2D eigenvalue weighted by molar-refractivity contribution is 0.0529. The van der Waals surface area contributed by atoms with Gasteiger partial charge in [0.05, 0.1) is 18.4 Å². The number of nitrogens with zero attached hydrogens (tertiary/aromatic N) is 1. The molecule has 0 aliphatic carbocycles. The molecule has 20 heavy (non-hydrogen) atoms. The van der Waals surface area contributed by atoms with Gasteiger partial charge < -0.3 is 15.0 Å². The number of hydrogen-bond acceptors (Lipinski definition) is 3. The van der Waals surface area contributed by atoms with Gasteiger partial charge in [0.1, 0.15) is 5.82 Å². The summed E-state index contributed by atoms with van der Waals surface area (Å²) in [7, 11) is 0. The number of morpholine rings is 1. The monoisotopic (exact) mass is 280 g/mol. The molecule has 0 radical (unpaired) electrons. The van der Waals surface area contributed by atoms with E-state index in [9.17, 15) is 4.39 Å². The van der Waals surface area contributed by atoms with E-state index in [0.29, 0.717) is 6.61 Å². The van der Waals surface area contributed by atoms with Crippen LogP contribution in [-0.4, -0.2) is 32.3 Å². The minimum atomic E-state index is -0.137. The van der Waals surface area contributed by atoms with Gasteiger partial charge in [0.15, 0.2) is 0 Å². The summed E-state index contributed by atoms with van der Waals surface area (Å²) in [6.45, 7) is 9.36. The van der Waals surface area contributed by atoms with Crippen molar-refractivity contribution in [3.63, 3.8) is 0 Å². The fourth-order valence-electron chi connectivity index (χ4n) is 2.71. The van der Waals surface area contributed by atoms with Crippen LogP contribution in [0.1, 0.15) is 38.8 Å². The van der Waals surface area contributed by atoms with Gasteiger partial charge in [-0.1, -0.05) is 19.1 Å². The van der Waals surface area contributed by atoms with Crippen molar-refractivity contribution in [2.75, 3.05) is 31.1 Å². The Morgan fingerprint density at radius 3 is 3.00 bits per heavy atom. The predicted molar refractivity (Wildman–Crippen MR) is 80.7 cm³/mol. The smallest absolute Gasteiger partial charge is 0.146 e. The normalized spacial score (nSPS) is 21.0. The second-order valence-electron chi connectivity index (χ2n) is 5.48. The fraction of sp³-hybridized carbons (Fsp3) is 0.625. The number of halogens is 1. The lowest BCUT2D eigenvalue weighted by atomic mass is 10.0. The van der Waals surface area contributed by atoms with E-state index in [4.69, 9.17) is 4.74 Å². The zero-order valence-electron chi connectivity index (χ0n) is 12.7. The van der Waals surface area contributed by atoms with Gasteiger partial charge in [0.25, 0.3) is 0 Å². The molecule has 3 nitrogen and oxygen atoms in total. The van der Waals surface area contributed by atoms with Crippen LogP contribution in [-0.2, 0) is 4.74 Å². The third kappa shape index (κ3) is 3.49. The Hall–Kier alpha value is -1.13. The average Bonchev–Trinajstić information content (AvgIpc) is 2.44. The molecule has 0 saturated carbocycles. The number of rotatable bonds is 5. The van der Waals surface area contributed by atoms with Gasteiger partial charge in [-0.2, -0.15) is 0 Å². The molecule has 1 aromatic carbocycles. The fourth-order valence-corrected chi connectivity index (χ4v) is 2.71. The first-order chi connectivity index (χ1) is 9.63. The molecule has 0 spiro atoms. The van der Waals surface area contributed by atoms with Crippen LogP contribution < -0.4 is 10.2 Å². The molecule has 2 rings (SSSR count). The Bertz CT molecular complexity index is 438. The SMILES string of the molecule is CCCNC(C)c1cccc(F)c1N1CCOC(C)C1. The van der Waals surface area contributed by atoms with E-state index >= 15 is 0 Å². The second kappa shape index (κ2) is 7.04. The van der Waals surface area contributed by atoms with Crippen molar-refractivity contribution in [1.82, 2.24) is 5.32 Å². The van der Waals surface area contributed by atoms with Crippen molar-refractivity contribution in [2.24, 2.45) is 0 Å². The molecular weight excluding hydrogens is 255 g/mol. The molecule has 1 N–H and O–H groups in total. The molecular formula is C16H25FN2O. The molecule has 1 aromatic rings. The highest BCUT2D eigenvalue weighted by atomic mass is 19.1. The van der Waals surface area contributed by atoms with Gasteiger partial charge >= 0.3 is 0 Å². The summed E-state index contributed by atoms with van der Waals surface area (Å²) < 4.78 is 19.9. The topological polar surface area (TPSA) is 24.5 Å². The lowest BCUT2D eigenvalue weighted by Crippen LogP contribution is -2.42. The van der Waals surface area contributed by atoms with Gasteiger partial charge in [-0.25, -0.2) is 4.39 Å². The molecule has 2 unspecified atom stereocenters. The molecule has 0 aromatic heterocycles. The molecule has 0 amide bonds. The van der Waals surface area contributed by atoms with Crippen LogP contribution in [0.25, 0.3) is 0 Å². The summed E-state index contributed by atoms with van der Waals surface area (Å²) in [6, 6.07) is 5.51. The van der Waals surface area contributed by atoms with E-state index in [-0.39, 0.29) is 18.0 Å². The minimum Gasteiger partial charge on any atom is -0.375 e. The summed E-state index contributed by atoms with van der Waals surface area (Å²) >= 11 is 0. The van der Waals surface area contributed by atoms with Crippen molar-refractivity contribution in [1.29, 1.82) is 0 Å². The molecule has 2 atom stereocenters. The quantitative estimate of drug-likeness (QED) is 0.897. The third-order valence-corrected chi connectivity index (χ3v) is 3.74. The van der Waals surface area contributed by atoms with Crippen LogP contribution >= 0.6 is 0 Å². The van der Waals surface area contributed by atoms with Gasteiger partial charge in [0.2, 0.25) is 0 Å². The van der Waals surface area contributed by atoms with E-state index in [1.165, 1.54) is 0 Å². The Morgan fingerprint density at radius 1 is 1.50 bits per heavy atom. The third-order valence-electron chi connectivity index (χ3n) is 3.74. The Morgan fingerprint density at radius 2 is 2.30 bits per heavy atom. The summed E-state index contributed by atoms with van der Waals surface area (Å²) in [5.74, 6) is -0.137. The van der Waals surface area contributed by atoms with Crippen LogP contribution in [0.2, 0.25) is 0 Å². The zero-order valence-corrected chi connectivity index (χ0v) is 12.7. The highest BCUT2D eigenvalue weighted by molar-refractivity contribution is 5.56. The van der Waals surface area contributed by atoms with Crippen LogP contribution in [0.5, 0.6) is 0 Å². The van der Waals surface area contributed by atoms with Gasteiger partial charge in [-0.05, 0) is 38.4 Å². The molecule has 4 heteroatoms. The summed E-state index contributed by atoms with van der Waals surface area (Å²) in [5, 5.41) is 3.44. The molecule has 112 valence electrons. The zero-order chi connectivity index (χ0) is 14.5. The number of hydrogen-bond donors (Lipinski definition) is 1. The predicted octanol–water partition coefficient (Wildman–Crippen LogP) is 3.11. The number of nitrogens with one attached hydrogen (secondary N) is 1. The highest BCUT2D eigenvalue weighted by Crippen LogP contribution is 2.30. The van der Waals surface area contributed by atoms with E-state index in [0.717, 1.165) is 37.3 Å². The molecule has 1 fully saturated rings. The van der Waals surface area contributed by atoms with Gasteiger partial charge in [0, 0.05) is 19.1 Å². The van der Waals surface area contributed by atoms with E-state index in [1.54, 1.807) is 12.1 Å². The minimum absolute atomic E-state index is 0.137. The van der Waals surface area contributed by atoms with Crippen molar-refractivity contribution < 1.29 is 9.13 Å². The number of ether oxygens (including phenoxy) is 1. The molecule has 1 heterocycles. The summed E-state index contributed by atoms with van der Waals surface area (Å²) in [6.07, 6.45) is 1.22. The lowest BCUT2D eigenvalue weighted by Gasteiger charge is -2.35. The van der Waals surface area contributed by atoms with Crippen molar-refractivity contribution in [2.45, 2.75) is 39.3 Å².